The smallest absolute Gasteiger partial charge is 0.114 e. The van der Waals surface area contributed by atoms with E-state index in [-0.39, 0.29) is 0 Å². The van der Waals surface area contributed by atoms with Crippen LogP contribution < -0.4 is 0 Å². The van der Waals surface area contributed by atoms with Crippen LogP contribution in [0.25, 0.3) is 0 Å². The lowest BCUT2D eigenvalue weighted by Crippen LogP contribution is -2.03. The van der Waals surface area contributed by atoms with Crippen molar-refractivity contribution in [1.82, 2.24) is 0 Å². The molecule has 2 heteroatoms. The lowest BCUT2D eigenvalue weighted by molar-refractivity contribution is 0.222. The fourth-order valence-corrected chi connectivity index (χ4v) is 3.54. The minimum Gasteiger partial charge on any atom is -0.383 e. The average Bonchev–Trinajstić information content (AvgIpc) is 2.57. The van der Waals surface area contributed by atoms with Crippen LogP contribution in [0.15, 0.2) is 18.2 Å². The zero-order valence-electron chi connectivity index (χ0n) is 11.7. The van der Waals surface area contributed by atoms with Crippen molar-refractivity contribution in [3.05, 3.63) is 55.8 Å². The van der Waals surface area contributed by atoms with E-state index in [1.807, 2.05) is 0 Å². The van der Waals surface area contributed by atoms with E-state index in [2.05, 4.69) is 52.8 Å². The average molecular weight is 260 g/mol. The van der Waals surface area contributed by atoms with Crippen molar-refractivity contribution in [2.75, 3.05) is 0 Å². The Balaban J connectivity index is 2.49. The number of thiophene rings is 1. The van der Waals surface area contributed by atoms with E-state index >= 15 is 0 Å². The zero-order chi connectivity index (χ0) is 13.4. The van der Waals surface area contributed by atoms with Crippen LogP contribution in [0.3, 0.4) is 0 Å². The molecule has 1 N–H and O–H groups in total. The highest BCUT2D eigenvalue weighted by Gasteiger charge is 2.18. The Bertz CT molecular complexity index is 538. The van der Waals surface area contributed by atoms with E-state index < -0.39 is 6.10 Å². The van der Waals surface area contributed by atoms with E-state index in [4.69, 9.17) is 0 Å². The summed E-state index contributed by atoms with van der Waals surface area (Å²) in [5.74, 6) is 0. The molecule has 1 unspecified atom stereocenters. The third-order valence-electron chi connectivity index (χ3n) is 3.47. The number of hydrogen-bond acceptors (Lipinski definition) is 2. The molecule has 0 spiro atoms. The molecule has 0 aliphatic rings. The summed E-state index contributed by atoms with van der Waals surface area (Å²) < 4.78 is 0. The molecule has 0 amide bonds. The summed E-state index contributed by atoms with van der Waals surface area (Å²) in [6.07, 6.45) is -0.497. The lowest BCUT2D eigenvalue weighted by Gasteiger charge is -2.16. The maximum Gasteiger partial charge on any atom is 0.114 e. The molecule has 0 bridgehead atoms. The standard InChI is InChI=1S/C16H20OS/c1-9-6-11(3)15(12(4)7-9)16(17)14-8-10(2)13(5)18-14/h6-8,16-17H,1-5H3. The first-order chi connectivity index (χ1) is 8.40. The molecule has 96 valence electrons. The number of benzene rings is 1. The van der Waals surface area contributed by atoms with E-state index in [1.54, 1.807) is 11.3 Å². The van der Waals surface area contributed by atoms with Gasteiger partial charge >= 0.3 is 0 Å². The van der Waals surface area contributed by atoms with Gasteiger partial charge < -0.3 is 5.11 Å². The molecule has 0 fully saturated rings. The van der Waals surface area contributed by atoms with Gasteiger partial charge in [0.2, 0.25) is 0 Å². The Kier molecular flexibility index (Phi) is 3.60. The van der Waals surface area contributed by atoms with Gasteiger partial charge in [0.1, 0.15) is 6.10 Å². The molecule has 2 aromatic rings. The fraction of sp³-hybridized carbons (Fsp3) is 0.375. The van der Waals surface area contributed by atoms with Crippen molar-refractivity contribution in [1.29, 1.82) is 0 Å². The summed E-state index contributed by atoms with van der Waals surface area (Å²) in [5, 5.41) is 10.6. The lowest BCUT2D eigenvalue weighted by atomic mass is 9.95. The Labute approximate surface area is 113 Å². The van der Waals surface area contributed by atoms with Crippen molar-refractivity contribution in [3.8, 4) is 0 Å². The van der Waals surface area contributed by atoms with Gasteiger partial charge in [-0.2, -0.15) is 0 Å². The van der Waals surface area contributed by atoms with Crippen LogP contribution in [-0.4, -0.2) is 5.11 Å². The van der Waals surface area contributed by atoms with Gasteiger partial charge in [-0.25, -0.2) is 0 Å². The number of aryl methyl sites for hydroxylation is 5. The molecule has 2 rings (SSSR count). The topological polar surface area (TPSA) is 20.2 Å². The minimum atomic E-state index is -0.497. The Morgan fingerprint density at radius 3 is 1.89 bits per heavy atom. The van der Waals surface area contributed by atoms with Crippen LogP contribution in [0, 0.1) is 34.6 Å². The molecule has 0 radical (unpaired) electrons. The number of aliphatic hydroxyl groups is 1. The van der Waals surface area contributed by atoms with Crippen LogP contribution in [-0.2, 0) is 0 Å². The summed E-state index contributed by atoms with van der Waals surface area (Å²) in [6.45, 7) is 10.4. The molecular weight excluding hydrogens is 240 g/mol. The van der Waals surface area contributed by atoms with E-state index in [0.717, 1.165) is 10.4 Å². The molecule has 0 saturated carbocycles. The van der Waals surface area contributed by atoms with Crippen molar-refractivity contribution < 1.29 is 5.11 Å². The Morgan fingerprint density at radius 1 is 0.889 bits per heavy atom. The molecule has 1 aromatic carbocycles. The minimum absolute atomic E-state index is 0.497. The van der Waals surface area contributed by atoms with Crippen LogP contribution in [0.4, 0.5) is 0 Å². The molecule has 18 heavy (non-hydrogen) atoms. The highest BCUT2D eigenvalue weighted by atomic mass is 32.1. The summed E-state index contributed by atoms with van der Waals surface area (Å²) in [5.41, 5.74) is 5.91. The Morgan fingerprint density at radius 2 is 1.44 bits per heavy atom. The van der Waals surface area contributed by atoms with Crippen LogP contribution in [0.5, 0.6) is 0 Å². The van der Waals surface area contributed by atoms with Gasteiger partial charge in [-0.3, -0.25) is 0 Å². The molecular formula is C16H20OS. The van der Waals surface area contributed by atoms with Crippen molar-refractivity contribution in [3.63, 3.8) is 0 Å². The molecule has 1 heterocycles. The largest absolute Gasteiger partial charge is 0.383 e. The van der Waals surface area contributed by atoms with E-state index in [0.29, 0.717) is 0 Å². The third kappa shape index (κ3) is 2.36. The second-order valence-corrected chi connectivity index (χ2v) is 6.39. The van der Waals surface area contributed by atoms with Gasteiger partial charge in [-0.05, 0) is 62.9 Å². The third-order valence-corrected chi connectivity index (χ3v) is 4.67. The second-order valence-electron chi connectivity index (χ2n) is 5.10. The first-order valence-corrected chi connectivity index (χ1v) is 7.04. The van der Waals surface area contributed by atoms with Crippen LogP contribution >= 0.6 is 11.3 Å². The van der Waals surface area contributed by atoms with Gasteiger partial charge in [-0.1, -0.05) is 17.7 Å². The SMILES string of the molecule is Cc1cc(C)c(C(O)c2cc(C)c(C)s2)c(C)c1. The predicted molar refractivity (Wildman–Crippen MR) is 78.5 cm³/mol. The molecule has 1 atom stereocenters. The molecule has 1 aromatic heterocycles. The number of aliphatic hydroxyl groups excluding tert-OH is 1. The fourth-order valence-electron chi connectivity index (χ4n) is 2.50. The van der Waals surface area contributed by atoms with Crippen LogP contribution in [0.2, 0.25) is 0 Å². The molecule has 0 saturated heterocycles. The maximum atomic E-state index is 10.6. The number of hydrogen-bond donors (Lipinski definition) is 1. The molecule has 0 aliphatic heterocycles. The first-order valence-electron chi connectivity index (χ1n) is 6.23. The summed E-state index contributed by atoms with van der Waals surface area (Å²) in [6, 6.07) is 6.38. The quantitative estimate of drug-likeness (QED) is 0.850. The summed E-state index contributed by atoms with van der Waals surface area (Å²) in [7, 11) is 0. The van der Waals surface area contributed by atoms with Gasteiger partial charge in [0.05, 0.1) is 0 Å². The van der Waals surface area contributed by atoms with Crippen molar-refractivity contribution in [2.24, 2.45) is 0 Å². The summed E-state index contributed by atoms with van der Waals surface area (Å²) in [4.78, 5) is 2.33. The maximum absolute atomic E-state index is 10.6. The molecule has 1 nitrogen and oxygen atoms in total. The van der Waals surface area contributed by atoms with Gasteiger partial charge in [-0.15, -0.1) is 11.3 Å². The second kappa shape index (κ2) is 4.87. The van der Waals surface area contributed by atoms with Gasteiger partial charge in [0, 0.05) is 9.75 Å². The van der Waals surface area contributed by atoms with Crippen molar-refractivity contribution in [2.45, 2.75) is 40.7 Å². The monoisotopic (exact) mass is 260 g/mol. The normalized spacial score (nSPS) is 12.8. The summed E-state index contributed by atoms with van der Waals surface area (Å²) >= 11 is 1.69. The van der Waals surface area contributed by atoms with Crippen molar-refractivity contribution >= 4 is 11.3 Å². The zero-order valence-corrected chi connectivity index (χ0v) is 12.5. The van der Waals surface area contributed by atoms with Gasteiger partial charge in [0.25, 0.3) is 0 Å². The highest BCUT2D eigenvalue weighted by Crippen LogP contribution is 2.34. The van der Waals surface area contributed by atoms with Crippen LogP contribution in [0.1, 0.15) is 43.7 Å². The first kappa shape index (κ1) is 13.3. The van der Waals surface area contributed by atoms with E-state index in [1.165, 1.54) is 27.1 Å². The number of rotatable bonds is 2. The highest BCUT2D eigenvalue weighted by molar-refractivity contribution is 7.12. The van der Waals surface area contributed by atoms with Gasteiger partial charge in [0.15, 0.2) is 0 Å². The molecule has 0 aliphatic carbocycles. The van der Waals surface area contributed by atoms with E-state index in [9.17, 15) is 5.11 Å². The Hall–Kier alpha value is -1.12. The predicted octanol–water partition coefficient (Wildman–Crippen LogP) is 4.37.